The first kappa shape index (κ1) is 22.4. The maximum atomic E-state index is 12.6. The quantitative estimate of drug-likeness (QED) is 0.402. The summed E-state index contributed by atoms with van der Waals surface area (Å²) in [6.07, 6.45) is 0.760. The number of hydrogen-bond acceptors (Lipinski definition) is 8. The first-order valence-electron chi connectivity index (χ1n) is 10.4. The van der Waals surface area contributed by atoms with E-state index in [1.165, 1.54) is 26.4 Å². The number of methoxy groups -OCH3 is 2. The summed E-state index contributed by atoms with van der Waals surface area (Å²) in [5.74, 6) is -0.213. The van der Waals surface area contributed by atoms with Crippen molar-refractivity contribution in [1.82, 2.24) is 24.6 Å². The Hall–Kier alpha value is -4.40. The first-order valence-corrected chi connectivity index (χ1v) is 10.4. The van der Waals surface area contributed by atoms with Gasteiger partial charge < -0.3 is 14.2 Å². The monoisotopic (exact) mass is 482 g/mol. The van der Waals surface area contributed by atoms with Gasteiger partial charge in [-0.25, -0.2) is 14.5 Å². The molecule has 0 amide bonds. The lowest BCUT2D eigenvalue weighted by Gasteiger charge is -2.12. The molecule has 0 N–H and O–H groups in total. The van der Waals surface area contributed by atoms with Crippen LogP contribution in [0.15, 0.2) is 42.9 Å². The highest BCUT2D eigenvalue weighted by Gasteiger charge is 2.42. The van der Waals surface area contributed by atoms with E-state index in [0.29, 0.717) is 22.8 Å². The van der Waals surface area contributed by atoms with Crippen LogP contribution in [-0.4, -0.2) is 45.1 Å². The average molecular weight is 482 g/mol. The fourth-order valence-electron chi connectivity index (χ4n) is 4.11. The van der Waals surface area contributed by atoms with E-state index in [-0.39, 0.29) is 23.4 Å². The van der Waals surface area contributed by atoms with E-state index < -0.39 is 12.1 Å². The number of benzene rings is 1. The number of hydrogen-bond donors (Lipinski definition) is 0. The van der Waals surface area contributed by atoms with Crippen molar-refractivity contribution < 1.29 is 27.4 Å². The zero-order valence-corrected chi connectivity index (χ0v) is 18.4. The Balaban J connectivity index is 1.51. The summed E-state index contributed by atoms with van der Waals surface area (Å²) >= 11 is 0. The molecular weight excluding hydrogens is 465 g/mol. The van der Waals surface area contributed by atoms with Crippen molar-refractivity contribution in [3.8, 4) is 35.0 Å². The summed E-state index contributed by atoms with van der Waals surface area (Å²) in [7, 11) is 2.94. The molecular formula is C23H17F3N6O3. The molecule has 3 heterocycles. The SMILES string of the molecule is COc1ncc(-c2cc([C@H]3C[C@@H]3c3ccc(OC(F)(F)F)c(C#N)c3)c3nccn3n2)c(OC)n1. The molecule has 1 aliphatic carbocycles. The summed E-state index contributed by atoms with van der Waals surface area (Å²) in [6, 6.07) is 8.00. The number of aromatic nitrogens is 5. The average Bonchev–Trinajstić information content (AvgIpc) is 3.50. The van der Waals surface area contributed by atoms with Gasteiger partial charge in [-0.2, -0.15) is 15.3 Å². The number of nitrogens with zero attached hydrogens (tertiary/aromatic N) is 6. The van der Waals surface area contributed by atoms with Gasteiger partial charge in [-0.1, -0.05) is 6.07 Å². The molecule has 1 saturated carbocycles. The zero-order chi connectivity index (χ0) is 24.7. The van der Waals surface area contributed by atoms with Crippen molar-refractivity contribution in [2.75, 3.05) is 14.2 Å². The Kier molecular flexibility index (Phi) is 5.39. The van der Waals surface area contributed by atoms with E-state index >= 15 is 0 Å². The van der Waals surface area contributed by atoms with Crippen LogP contribution in [0.25, 0.3) is 16.9 Å². The van der Waals surface area contributed by atoms with Crippen LogP contribution < -0.4 is 14.2 Å². The Bertz CT molecular complexity index is 1460. The van der Waals surface area contributed by atoms with Crippen LogP contribution in [0.5, 0.6) is 17.6 Å². The maximum absolute atomic E-state index is 12.6. The first-order chi connectivity index (χ1) is 16.8. The molecule has 4 aromatic rings. The van der Waals surface area contributed by atoms with Gasteiger partial charge in [-0.05, 0) is 42.0 Å². The largest absolute Gasteiger partial charge is 0.573 e. The molecule has 0 aliphatic heterocycles. The highest BCUT2D eigenvalue weighted by Crippen LogP contribution is 2.56. The van der Waals surface area contributed by atoms with Crippen molar-refractivity contribution in [3.05, 3.63) is 59.5 Å². The standard InChI is InChI=1S/C23H17F3N6O3/c1-33-21-17(11-29-22(30-21)34-2)18-9-16(20-28-5-6-32(20)31-18)15-8-14(15)12-3-4-19(13(7-12)10-27)35-23(24,25)26/h3-7,9,11,14-15H,8H2,1-2H3/t14-,15+/m1/s1. The van der Waals surface area contributed by atoms with Crippen LogP contribution in [0, 0.1) is 11.3 Å². The number of fused-ring (bicyclic) bond motifs is 1. The number of imidazole rings is 1. The topological polar surface area (TPSA) is 107 Å². The molecule has 5 rings (SSSR count). The number of rotatable bonds is 6. The van der Waals surface area contributed by atoms with Crippen LogP contribution in [0.3, 0.4) is 0 Å². The van der Waals surface area contributed by atoms with Crippen molar-refractivity contribution in [2.24, 2.45) is 0 Å². The third-order valence-electron chi connectivity index (χ3n) is 5.74. The van der Waals surface area contributed by atoms with Gasteiger partial charge in [0, 0.05) is 24.2 Å². The molecule has 2 atom stereocenters. The van der Waals surface area contributed by atoms with E-state index in [1.54, 1.807) is 35.2 Å². The van der Waals surface area contributed by atoms with Crippen LogP contribution in [0.2, 0.25) is 0 Å². The van der Waals surface area contributed by atoms with E-state index in [1.807, 2.05) is 6.07 Å². The number of halogens is 3. The second-order valence-electron chi connectivity index (χ2n) is 7.82. The van der Waals surface area contributed by atoms with Crippen LogP contribution in [0.1, 0.15) is 34.9 Å². The molecule has 0 saturated heterocycles. The van der Waals surface area contributed by atoms with Gasteiger partial charge in [0.1, 0.15) is 11.8 Å². The molecule has 12 heteroatoms. The van der Waals surface area contributed by atoms with E-state index in [4.69, 9.17) is 9.47 Å². The lowest BCUT2D eigenvalue weighted by atomic mass is 10.0. The molecule has 1 aliphatic rings. The Morgan fingerprint density at radius 1 is 1.11 bits per heavy atom. The molecule has 0 bridgehead atoms. The Morgan fingerprint density at radius 2 is 1.94 bits per heavy atom. The normalized spacial score (nSPS) is 17.1. The summed E-state index contributed by atoms with van der Waals surface area (Å²) in [5.41, 5.74) is 3.25. The Morgan fingerprint density at radius 3 is 2.66 bits per heavy atom. The van der Waals surface area contributed by atoms with Crippen molar-refractivity contribution in [3.63, 3.8) is 0 Å². The molecule has 178 valence electrons. The summed E-state index contributed by atoms with van der Waals surface area (Å²) in [6.45, 7) is 0. The van der Waals surface area contributed by atoms with Crippen molar-refractivity contribution in [2.45, 2.75) is 24.6 Å². The summed E-state index contributed by atoms with van der Waals surface area (Å²) in [5, 5.41) is 13.9. The lowest BCUT2D eigenvalue weighted by Crippen LogP contribution is -2.17. The predicted molar refractivity (Wildman–Crippen MR) is 115 cm³/mol. The van der Waals surface area contributed by atoms with Gasteiger partial charge in [0.15, 0.2) is 5.65 Å². The summed E-state index contributed by atoms with van der Waals surface area (Å²) < 4.78 is 54.0. The molecule has 1 aromatic carbocycles. The third-order valence-corrected chi connectivity index (χ3v) is 5.74. The third kappa shape index (κ3) is 4.28. The van der Waals surface area contributed by atoms with Gasteiger partial charge in [0.2, 0.25) is 5.88 Å². The van der Waals surface area contributed by atoms with Gasteiger partial charge in [-0.3, -0.25) is 0 Å². The minimum atomic E-state index is -4.87. The molecule has 1 fully saturated rings. The van der Waals surface area contributed by atoms with Gasteiger partial charge >= 0.3 is 12.4 Å². The van der Waals surface area contributed by atoms with Gasteiger partial charge in [-0.15, -0.1) is 13.2 Å². The number of ether oxygens (including phenoxy) is 3. The zero-order valence-electron chi connectivity index (χ0n) is 18.4. The number of alkyl halides is 3. The summed E-state index contributed by atoms with van der Waals surface area (Å²) in [4.78, 5) is 12.8. The lowest BCUT2D eigenvalue weighted by molar-refractivity contribution is -0.274. The van der Waals surface area contributed by atoms with E-state index in [2.05, 4.69) is 24.8 Å². The van der Waals surface area contributed by atoms with Crippen molar-refractivity contribution in [1.29, 1.82) is 5.26 Å². The second-order valence-corrected chi connectivity index (χ2v) is 7.82. The molecule has 9 nitrogen and oxygen atoms in total. The van der Waals surface area contributed by atoms with Crippen LogP contribution in [0.4, 0.5) is 13.2 Å². The second kappa shape index (κ2) is 8.43. The Labute approximate surface area is 196 Å². The molecule has 0 unspecified atom stereocenters. The van der Waals surface area contributed by atoms with Crippen LogP contribution >= 0.6 is 0 Å². The van der Waals surface area contributed by atoms with Crippen molar-refractivity contribution >= 4 is 5.65 Å². The fraction of sp³-hybridized carbons (Fsp3) is 0.261. The fourth-order valence-corrected chi connectivity index (χ4v) is 4.11. The predicted octanol–water partition coefficient (Wildman–Crippen LogP) is 4.24. The highest BCUT2D eigenvalue weighted by molar-refractivity contribution is 5.68. The number of nitriles is 1. The molecule has 0 radical (unpaired) electrons. The van der Waals surface area contributed by atoms with E-state index in [9.17, 15) is 18.4 Å². The van der Waals surface area contributed by atoms with Gasteiger partial charge in [0.25, 0.3) is 0 Å². The molecule has 35 heavy (non-hydrogen) atoms. The smallest absolute Gasteiger partial charge is 0.480 e. The molecule has 0 spiro atoms. The molecule has 3 aromatic heterocycles. The van der Waals surface area contributed by atoms with E-state index in [0.717, 1.165) is 17.5 Å². The minimum absolute atomic E-state index is 0.00759. The van der Waals surface area contributed by atoms with Gasteiger partial charge in [0.05, 0.1) is 31.0 Å². The minimum Gasteiger partial charge on any atom is -0.480 e. The van der Waals surface area contributed by atoms with Crippen LogP contribution in [-0.2, 0) is 0 Å². The highest BCUT2D eigenvalue weighted by atomic mass is 19.4. The maximum Gasteiger partial charge on any atom is 0.573 e.